The monoisotopic (exact) mass is 220 g/mol. The molecular weight excluding hydrogens is 208 g/mol. The number of aliphatic carboxylic acids is 1. The Hall–Kier alpha value is -0.0500. The molecule has 1 N–H and O–H groups in total. The highest BCUT2D eigenvalue weighted by atomic mass is 79.9. The van der Waals surface area contributed by atoms with E-state index >= 15 is 0 Å². The van der Waals surface area contributed by atoms with Gasteiger partial charge in [0.05, 0.1) is 0 Å². The zero-order chi connectivity index (χ0) is 8.65. The fourth-order valence-electron chi connectivity index (χ4n) is 1.88. The topological polar surface area (TPSA) is 37.3 Å². The molecule has 1 aliphatic rings. The molecule has 64 valence electrons. The van der Waals surface area contributed by atoms with E-state index in [0.717, 1.165) is 12.8 Å². The van der Waals surface area contributed by atoms with Crippen LogP contribution in [0.3, 0.4) is 0 Å². The molecule has 0 radical (unpaired) electrons. The maximum absolute atomic E-state index is 10.8. The molecule has 0 amide bonds. The van der Waals surface area contributed by atoms with Crippen molar-refractivity contribution >= 4 is 21.9 Å². The predicted octanol–water partition coefficient (Wildman–Crippen LogP) is 2.27. The van der Waals surface area contributed by atoms with Crippen LogP contribution in [0.15, 0.2) is 0 Å². The lowest BCUT2D eigenvalue weighted by molar-refractivity contribution is -0.140. The number of hydrogen-bond donors (Lipinski definition) is 1. The predicted molar refractivity (Wildman–Crippen MR) is 46.9 cm³/mol. The van der Waals surface area contributed by atoms with Gasteiger partial charge < -0.3 is 5.11 Å². The Morgan fingerprint density at radius 1 is 1.64 bits per heavy atom. The molecule has 0 bridgehead atoms. The molecule has 0 aromatic rings. The molecular formula is C8H13BrO2. The highest BCUT2D eigenvalue weighted by Gasteiger charge is 2.47. The second kappa shape index (κ2) is 2.77. The third kappa shape index (κ3) is 1.43. The van der Waals surface area contributed by atoms with Gasteiger partial charge in [0.1, 0.15) is 4.32 Å². The van der Waals surface area contributed by atoms with E-state index in [2.05, 4.69) is 22.9 Å². The molecule has 3 heteroatoms. The van der Waals surface area contributed by atoms with E-state index < -0.39 is 10.3 Å². The molecule has 1 aliphatic carbocycles. The highest BCUT2D eigenvalue weighted by Crippen LogP contribution is 2.45. The number of rotatable bonds is 1. The summed E-state index contributed by atoms with van der Waals surface area (Å²) in [6.45, 7) is 4.09. The van der Waals surface area contributed by atoms with Gasteiger partial charge in [0.25, 0.3) is 0 Å². The van der Waals surface area contributed by atoms with Crippen molar-refractivity contribution in [3.63, 3.8) is 0 Å². The second-order valence-electron chi connectivity index (χ2n) is 3.61. The molecule has 0 aromatic heterocycles. The van der Waals surface area contributed by atoms with E-state index in [0.29, 0.717) is 5.92 Å². The molecule has 0 saturated heterocycles. The fraction of sp³-hybridized carbons (Fsp3) is 0.875. The second-order valence-corrected chi connectivity index (χ2v) is 5.03. The largest absolute Gasteiger partial charge is 0.480 e. The average Bonchev–Trinajstić information content (AvgIpc) is 2.08. The van der Waals surface area contributed by atoms with Gasteiger partial charge in [-0.05, 0) is 24.7 Å². The Morgan fingerprint density at radius 3 is 2.36 bits per heavy atom. The quantitative estimate of drug-likeness (QED) is 0.689. The third-order valence-corrected chi connectivity index (χ3v) is 3.98. The van der Waals surface area contributed by atoms with E-state index in [-0.39, 0.29) is 5.92 Å². The van der Waals surface area contributed by atoms with E-state index in [1.165, 1.54) is 0 Å². The van der Waals surface area contributed by atoms with Crippen LogP contribution in [0.5, 0.6) is 0 Å². The molecule has 0 spiro atoms. The SMILES string of the molecule is CC1CC(C)C(Br)(C(=O)O)C1. The Bertz CT molecular complexity index is 181. The first kappa shape index (κ1) is 9.04. The van der Waals surface area contributed by atoms with Gasteiger partial charge in [-0.3, -0.25) is 4.79 Å². The maximum atomic E-state index is 10.8. The molecule has 3 atom stereocenters. The summed E-state index contributed by atoms with van der Waals surface area (Å²) in [5.74, 6) is 0.0600. The Labute approximate surface area is 75.1 Å². The van der Waals surface area contributed by atoms with Gasteiger partial charge in [0.15, 0.2) is 0 Å². The summed E-state index contributed by atoms with van der Waals surface area (Å²) in [7, 11) is 0. The van der Waals surface area contributed by atoms with Crippen molar-refractivity contribution in [2.45, 2.75) is 31.0 Å². The lowest BCUT2D eigenvalue weighted by Crippen LogP contribution is -2.34. The summed E-state index contributed by atoms with van der Waals surface area (Å²) in [5.41, 5.74) is 0. The summed E-state index contributed by atoms with van der Waals surface area (Å²) < 4.78 is -0.646. The van der Waals surface area contributed by atoms with Crippen LogP contribution < -0.4 is 0 Å². The molecule has 0 heterocycles. The minimum atomic E-state index is -0.714. The van der Waals surface area contributed by atoms with Crippen LogP contribution in [-0.4, -0.2) is 15.4 Å². The van der Waals surface area contributed by atoms with Gasteiger partial charge in [-0.15, -0.1) is 0 Å². The number of carboxylic acid groups (broad SMARTS) is 1. The van der Waals surface area contributed by atoms with Gasteiger partial charge in [0.2, 0.25) is 0 Å². The maximum Gasteiger partial charge on any atom is 0.320 e. The number of halogens is 1. The van der Waals surface area contributed by atoms with Crippen LogP contribution in [0, 0.1) is 11.8 Å². The number of carbonyl (C=O) groups is 1. The zero-order valence-electron chi connectivity index (χ0n) is 6.80. The standard InChI is InChI=1S/C8H13BrO2/c1-5-3-6(2)8(9,4-5)7(10)11/h5-6H,3-4H2,1-2H3,(H,10,11). The van der Waals surface area contributed by atoms with Crippen molar-refractivity contribution in [3.05, 3.63) is 0 Å². The minimum Gasteiger partial charge on any atom is -0.480 e. The van der Waals surface area contributed by atoms with Gasteiger partial charge in [-0.25, -0.2) is 0 Å². The highest BCUT2D eigenvalue weighted by molar-refractivity contribution is 9.10. The fourth-order valence-corrected chi connectivity index (χ4v) is 2.62. The van der Waals surface area contributed by atoms with Crippen molar-refractivity contribution in [2.75, 3.05) is 0 Å². The first-order valence-corrected chi connectivity index (χ1v) is 4.68. The molecule has 0 aromatic carbocycles. The summed E-state index contributed by atoms with van der Waals surface area (Å²) >= 11 is 3.32. The van der Waals surface area contributed by atoms with Gasteiger partial charge in [-0.2, -0.15) is 0 Å². The van der Waals surface area contributed by atoms with E-state index in [4.69, 9.17) is 5.11 Å². The average molecular weight is 221 g/mol. The molecule has 1 saturated carbocycles. The van der Waals surface area contributed by atoms with Crippen LogP contribution in [0.2, 0.25) is 0 Å². The smallest absolute Gasteiger partial charge is 0.320 e. The zero-order valence-corrected chi connectivity index (χ0v) is 8.39. The number of hydrogen-bond acceptors (Lipinski definition) is 1. The summed E-state index contributed by atoms with van der Waals surface area (Å²) in [4.78, 5) is 10.8. The van der Waals surface area contributed by atoms with Crippen molar-refractivity contribution in [2.24, 2.45) is 11.8 Å². The third-order valence-electron chi connectivity index (χ3n) is 2.54. The van der Waals surface area contributed by atoms with Crippen LogP contribution in [0.25, 0.3) is 0 Å². The van der Waals surface area contributed by atoms with Gasteiger partial charge in [0, 0.05) is 0 Å². The van der Waals surface area contributed by atoms with Crippen LogP contribution >= 0.6 is 15.9 Å². The Balaban J connectivity index is 2.79. The van der Waals surface area contributed by atoms with Crippen molar-refractivity contribution in [1.29, 1.82) is 0 Å². The van der Waals surface area contributed by atoms with Crippen LogP contribution in [-0.2, 0) is 4.79 Å². The van der Waals surface area contributed by atoms with Crippen molar-refractivity contribution in [3.8, 4) is 0 Å². The first-order valence-electron chi connectivity index (χ1n) is 3.89. The van der Waals surface area contributed by atoms with Crippen LogP contribution in [0.4, 0.5) is 0 Å². The molecule has 0 aliphatic heterocycles. The summed E-state index contributed by atoms with van der Waals surface area (Å²) in [6, 6.07) is 0. The number of alkyl halides is 1. The lowest BCUT2D eigenvalue weighted by Gasteiger charge is -2.20. The Morgan fingerprint density at radius 2 is 2.18 bits per heavy atom. The summed E-state index contributed by atoms with van der Waals surface area (Å²) in [6.07, 6.45) is 1.76. The van der Waals surface area contributed by atoms with E-state index in [1.54, 1.807) is 0 Å². The van der Waals surface area contributed by atoms with Crippen molar-refractivity contribution < 1.29 is 9.90 Å². The molecule has 2 nitrogen and oxygen atoms in total. The lowest BCUT2D eigenvalue weighted by atomic mass is 9.98. The molecule has 11 heavy (non-hydrogen) atoms. The van der Waals surface area contributed by atoms with Gasteiger partial charge in [-0.1, -0.05) is 29.8 Å². The summed E-state index contributed by atoms with van der Waals surface area (Å²) in [5, 5.41) is 8.91. The van der Waals surface area contributed by atoms with E-state index in [9.17, 15) is 4.79 Å². The van der Waals surface area contributed by atoms with Crippen LogP contribution in [0.1, 0.15) is 26.7 Å². The van der Waals surface area contributed by atoms with E-state index in [1.807, 2.05) is 6.92 Å². The molecule has 1 fully saturated rings. The first-order chi connectivity index (χ1) is 4.97. The normalized spacial score (nSPS) is 44.3. The Kier molecular flexibility index (Phi) is 2.28. The minimum absolute atomic E-state index is 0.245. The number of carboxylic acids is 1. The van der Waals surface area contributed by atoms with Gasteiger partial charge >= 0.3 is 5.97 Å². The van der Waals surface area contributed by atoms with Crippen molar-refractivity contribution in [1.82, 2.24) is 0 Å². The molecule has 1 rings (SSSR count). The molecule has 3 unspecified atom stereocenters.